The maximum absolute atomic E-state index is 12.2. The van der Waals surface area contributed by atoms with E-state index in [0.717, 1.165) is 21.4 Å². The predicted octanol–water partition coefficient (Wildman–Crippen LogP) is 4.54. The second kappa shape index (κ2) is 7.23. The highest BCUT2D eigenvalue weighted by molar-refractivity contribution is 9.10. The van der Waals surface area contributed by atoms with Crippen LogP contribution in [-0.4, -0.2) is 15.9 Å². The number of rotatable bonds is 4. The van der Waals surface area contributed by atoms with Crippen LogP contribution in [0.1, 0.15) is 16.1 Å². The number of carbonyl (C=O) groups excluding carboxylic acids is 1. The molecule has 0 fully saturated rings. The van der Waals surface area contributed by atoms with Crippen LogP contribution in [0.2, 0.25) is 0 Å². The molecule has 0 atom stereocenters. The highest BCUT2D eigenvalue weighted by Crippen LogP contribution is 2.24. The van der Waals surface area contributed by atoms with Gasteiger partial charge in [0, 0.05) is 10.2 Å². The number of hydrogen-bond donors (Lipinski definition) is 2. The molecule has 5 nitrogen and oxygen atoms in total. The van der Waals surface area contributed by atoms with Gasteiger partial charge in [-0.05, 0) is 46.6 Å². The van der Waals surface area contributed by atoms with Gasteiger partial charge in [0.15, 0.2) is 0 Å². The Bertz CT molecular complexity index is 865. The van der Waals surface area contributed by atoms with Gasteiger partial charge >= 0.3 is 0 Å². The number of halogens is 1. The Hall–Kier alpha value is -2.73. The van der Waals surface area contributed by atoms with E-state index in [9.17, 15) is 4.79 Å². The number of amides is 1. The normalized spacial score (nSPS) is 10.2. The van der Waals surface area contributed by atoms with Gasteiger partial charge in [-0.15, -0.1) is 0 Å². The molecule has 3 rings (SSSR count). The summed E-state index contributed by atoms with van der Waals surface area (Å²) in [6.07, 6.45) is 2.99. The summed E-state index contributed by atoms with van der Waals surface area (Å²) in [6, 6.07) is 15.3. The monoisotopic (exact) mass is 382 g/mol. The van der Waals surface area contributed by atoms with Crippen LogP contribution in [0.4, 0.5) is 17.2 Å². The molecule has 0 unspecified atom stereocenters. The van der Waals surface area contributed by atoms with Gasteiger partial charge in [0.2, 0.25) is 0 Å². The van der Waals surface area contributed by atoms with Crippen molar-refractivity contribution >= 4 is 39.0 Å². The van der Waals surface area contributed by atoms with Crippen LogP contribution in [-0.2, 0) is 0 Å². The first-order valence-electron chi connectivity index (χ1n) is 7.34. The van der Waals surface area contributed by atoms with Gasteiger partial charge in [0.1, 0.15) is 11.5 Å². The largest absolute Gasteiger partial charge is 0.338 e. The second-order valence-corrected chi connectivity index (χ2v) is 6.02. The average Bonchev–Trinajstić information content (AvgIpc) is 2.59. The molecule has 0 aliphatic heterocycles. The SMILES string of the molecule is Cc1ccccc1NC(=O)c1cnc(Nc2ccccc2Br)cn1. The van der Waals surface area contributed by atoms with Crippen molar-refractivity contribution in [2.75, 3.05) is 10.6 Å². The first-order valence-corrected chi connectivity index (χ1v) is 8.13. The van der Waals surface area contributed by atoms with Gasteiger partial charge in [-0.3, -0.25) is 4.79 Å². The highest BCUT2D eigenvalue weighted by atomic mass is 79.9. The Kier molecular flexibility index (Phi) is 4.86. The number of aryl methyl sites for hydroxylation is 1. The van der Waals surface area contributed by atoms with E-state index < -0.39 is 0 Å². The maximum atomic E-state index is 12.2. The summed E-state index contributed by atoms with van der Waals surface area (Å²) in [5.41, 5.74) is 2.89. The van der Waals surface area contributed by atoms with Crippen molar-refractivity contribution in [2.45, 2.75) is 6.92 Å². The van der Waals surface area contributed by atoms with Crippen LogP contribution in [0.25, 0.3) is 0 Å². The number of aromatic nitrogens is 2. The van der Waals surface area contributed by atoms with E-state index in [0.29, 0.717) is 5.82 Å². The van der Waals surface area contributed by atoms with E-state index in [4.69, 9.17) is 0 Å². The van der Waals surface area contributed by atoms with E-state index in [1.54, 1.807) is 0 Å². The molecule has 0 aliphatic rings. The molecule has 120 valence electrons. The van der Waals surface area contributed by atoms with E-state index in [1.807, 2.05) is 55.5 Å². The fourth-order valence-corrected chi connectivity index (χ4v) is 2.49. The van der Waals surface area contributed by atoms with Crippen LogP contribution in [0.15, 0.2) is 65.4 Å². The number of nitrogens with one attached hydrogen (secondary N) is 2. The second-order valence-electron chi connectivity index (χ2n) is 5.16. The highest BCUT2D eigenvalue weighted by Gasteiger charge is 2.10. The van der Waals surface area contributed by atoms with Crippen molar-refractivity contribution in [3.8, 4) is 0 Å². The molecule has 0 saturated heterocycles. The lowest BCUT2D eigenvalue weighted by Crippen LogP contribution is -2.15. The summed E-state index contributed by atoms with van der Waals surface area (Å²) in [5.74, 6) is 0.276. The third-order valence-corrected chi connectivity index (χ3v) is 4.11. The molecule has 3 aromatic rings. The molecular formula is C18H15BrN4O. The Morgan fingerprint density at radius 1 is 0.958 bits per heavy atom. The van der Waals surface area contributed by atoms with Crippen LogP contribution >= 0.6 is 15.9 Å². The zero-order valence-corrected chi connectivity index (χ0v) is 14.5. The van der Waals surface area contributed by atoms with E-state index in [1.165, 1.54) is 12.4 Å². The van der Waals surface area contributed by atoms with Crippen LogP contribution in [0.3, 0.4) is 0 Å². The van der Waals surface area contributed by atoms with E-state index in [2.05, 4.69) is 36.5 Å². The van der Waals surface area contributed by atoms with Crippen molar-refractivity contribution in [3.05, 3.63) is 76.7 Å². The summed E-state index contributed by atoms with van der Waals surface area (Å²) in [5, 5.41) is 5.98. The van der Waals surface area contributed by atoms with E-state index >= 15 is 0 Å². The van der Waals surface area contributed by atoms with Gasteiger partial charge in [0.25, 0.3) is 5.91 Å². The zero-order chi connectivity index (χ0) is 16.9. The minimum atomic E-state index is -0.288. The number of carbonyl (C=O) groups is 1. The number of anilines is 3. The van der Waals surface area contributed by atoms with E-state index in [-0.39, 0.29) is 11.6 Å². The molecule has 0 saturated carbocycles. The Morgan fingerprint density at radius 3 is 2.33 bits per heavy atom. The molecule has 2 N–H and O–H groups in total. The number of benzene rings is 2. The van der Waals surface area contributed by atoms with Crippen molar-refractivity contribution < 1.29 is 4.79 Å². The van der Waals surface area contributed by atoms with Crippen molar-refractivity contribution in [1.82, 2.24) is 9.97 Å². The van der Waals surface area contributed by atoms with Crippen molar-refractivity contribution in [1.29, 1.82) is 0 Å². The van der Waals surface area contributed by atoms with Gasteiger partial charge in [-0.1, -0.05) is 30.3 Å². The number of nitrogens with zero attached hydrogens (tertiary/aromatic N) is 2. The van der Waals surface area contributed by atoms with Crippen LogP contribution < -0.4 is 10.6 Å². The zero-order valence-electron chi connectivity index (χ0n) is 13.0. The summed E-state index contributed by atoms with van der Waals surface area (Å²) in [4.78, 5) is 20.7. The minimum Gasteiger partial charge on any atom is -0.338 e. The van der Waals surface area contributed by atoms with Gasteiger partial charge in [-0.25, -0.2) is 9.97 Å². The molecule has 1 heterocycles. The van der Waals surface area contributed by atoms with Gasteiger partial charge in [-0.2, -0.15) is 0 Å². The smallest absolute Gasteiger partial charge is 0.275 e. The summed E-state index contributed by atoms with van der Waals surface area (Å²) < 4.78 is 0.924. The topological polar surface area (TPSA) is 66.9 Å². The average molecular weight is 383 g/mol. The lowest BCUT2D eigenvalue weighted by Gasteiger charge is -2.09. The first kappa shape index (κ1) is 16.1. The standard InChI is InChI=1S/C18H15BrN4O/c1-12-6-2-4-8-14(12)23-18(24)16-10-21-17(11-20-16)22-15-9-5-3-7-13(15)19/h2-11H,1H3,(H,21,22)(H,23,24). The quantitative estimate of drug-likeness (QED) is 0.694. The lowest BCUT2D eigenvalue weighted by molar-refractivity contribution is 0.102. The Labute approximate surface area is 148 Å². The summed E-state index contributed by atoms with van der Waals surface area (Å²) in [7, 11) is 0. The van der Waals surface area contributed by atoms with Crippen LogP contribution in [0, 0.1) is 6.92 Å². The summed E-state index contributed by atoms with van der Waals surface area (Å²) in [6.45, 7) is 1.94. The lowest BCUT2D eigenvalue weighted by atomic mass is 10.2. The predicted molar refractivity (Wildman–Crippen MR) is 98.6 cm³/mol. The fourth-order valence-electron chi connectivity index (χ4n) is 2.11. The molecular weight excluding hydrogens is 368 g/mol. The first-order chi connectivity index (χ1) is 11.6. The molecule has 0 bridgehead atoms. The molecule has 1 amide bonds. The Morgan fingerprint density at radius 2 is 1.67 bits per heavy atom. The third kappa shape index (κ3) is 3.78. The fraction of sp³-hybridized carbons (Fsp3) is 0.0556. The van der Waals surface area contributed by atoms with Crippen molar-refractivity contribution in [3.63, 3.8) is 0 Å². The summed E-state index contributed by atoms with van der Waals surface area (Å²) >= 11 is 3.46. The minimum absolute atomic E-state index is 0.260. The maximum Gasteiger partial charge on any atom is 0.275 e. The molecule has 2 aromatic carbocycles. The molecule has 0 radical (unpaired) electrons. The number of para-hydroxylation sites is 2. The van der Waals surface area contributed by atoms with Gasteiger partial charge in [0.05, 0.1) is 18.1 Å². The Balaban J connectivity index is 1.71. The molecule has 0 spiro atoms. The number of hydrogen-bond acceptors (Lipinski definition) is 4. The molecule has 1 aromatic heterocycles. The molecule has 0 aliphatic carbocycles. The van der Waals surface area contributed by atoms with Crippen LogP contribution in [0.5, 0.6) is 0 Å². The van der Waals surface area contributed by atoms with Crippen molar-refractivity contribution in [2.24, 2.45) is 0 Å². The molecule has 24 heavy (non-hydrogen) atoms. The molecule has 6 heteroatoms. The third-order valence-electron chi connectivity index (χ3n) is 3.41. The van der Waals surface area contributed by atoms with Gasteiger partial charge < -0.3 is 10.6 Å².